The Morgan fingerprint density at radius 2 is 2.08 bits per heavy atom. The second-order valence-electron chi connectivity index (χ2n) is 7.09. The van der Waals surface area contributed by atoms with E-state index in [-0.39, 0.29) is 24.4 Å². The first kappa shape index (κ1) is 17.7. The molecule has 3 N–H and O–H groups in total. The topological polar surface area (TPSA) is 100 Å². The smallest absolute Gasteiger partial charge is 0.273 e. The number of aryl methyl sites for hydroxylation is 3. The monoisotopic (exact) mass is 346 g/mol. The van der Waals surface area contributed by atoms with Crippen LogP contribution in [0.5, 0.6) is 0 Å². The number of pyridine rings is 1. The molecule has 2 heterocycles. The van der Waals surface area contributed by atoms with E-state index < -0.39 is 6.10 Å². The number of aliphatic hydroxyl groups excluding tert-OH is 1. The Morgan fingerprint density at radius 1 is 1.40 bits per heavy atom. The Morgan fingerprint density at radius 3 is 2.76 bits per heavy atom. The van der Waals surface area contributed by atoms with Crippen LogP contribution in [0, 0.1) is 19.8 Å². The van der Waals surface area contributed by atoms with Gasteiger partial charge in [-0.2, -0.15) is 0 Å². The lowest BCUT2D eigenvalue weighted by molar-refractivity contribution is -0.121. The van der Waals surface area contributed by atoms with Crippen LogP contribution in [-0.2, 0) is 18.3 Å². The quantitative estimate of drug-likeness (QED) is 0.754. The zero-order chi connectivity index (χ0) is 18.1. The van der Waals surface area contributed by atoms with E-state index in [1.165, 1.54) is 0 Å². The summed E-state index contributed by atoms with van der Waals surface area (Å²) in [5, 5.41) is 16.2. The first-order valence-corrected chi connectivity index (χ1v) is 8.88. The van der Waals surface area contributed by atoms with Crippen LogP contribution in [0.2, 0.25) is 0 Å². The van der Waals surface area contributed by atoms with Crippen molar-refractivity contribution in [1.29, 1.82) is 0 Å². The summed E-state index contributed by atoms with van der Waals surface area (Å²) in [6.45, 7) is 3.98. The molecule has 1 aliphatic rings. The van der Waals surface area contributed by atoms with Gasteiger partial charge in [-0.3, -0.25) is 19.4 Å². The van der Waals surface area contributed by atoms with E-state index >= 15 is 0 Å². The van der Waals surface area contributed by atoms with Gasteiger partial charge in [0.1, 0.15) is 0 Å². The number of fused-ring (bicyclic) bond motifs is 1. The number of hydrogen-bond acceptors (Lipinski definition) is 4. The van der Waals surface area contributed by atoms with Gasteiger partial charge in [-0.05, 0) is 43.7 Å². The minimum atomic E-state index is -0.480. The summed E-state index contributed by atoms with van der Waals surface area (Å²) in [6.07, 6.45) is 4.06. The molecule has 2 aromatic rings. The van der Waals surface area contributed by atoms with Crippen molar-refractivity contribution in [2.75, 3.05) is 6.54 Å². The van der Waals surface area contributed by atoms with Crippen molar-refractivity contribution in [3.63, 3.8) is 0 Å². The number of aromatic nitrogens is 3. The summed E-state index contributed by atoms with van der Waals surface area (Å²) in [5.41, 5.74) is 2.71. The zero-order valence-electron chi connectivity index (χ0n) is 15.1. The summed E-state index contributed by atoms with van der Waals surface area (Å²) in [5.74, 6) is 0.140. The molecule has 3 rings (SSSR count). The minimum absolute atomic E-state index is 0.156. The number of nitrogens with zero attached hydrogens (tertiary/aromatic N) is 2. The summed E-state index contributed by atoms with van der Waals surface area (Å²) in [6, 6.07) is 0. The second kappa shape index (κ2) is 7.00. The number of aromatic amines is 1. The summed E-state index contributed by atoms with van der Waals surface area (Å²) < 4.78 is 1.60. The predicted molar refractivity (Wildman–Crippen MR) is 95.5 cm³/mol. The van der Waals surface area contributed by atoms with Crippen molar-refractivity contribution in [1.82, 2.24) is 20.1 Å². The number of H-pyrrole nitrogens is 1. The molecule has 0 bridgehead atoms. The average molecular weight is 346 g/mol. The highest BCUT2D eigenvalue weighted by Gasteiger charge is 2.24. The van der Waals surface area contributed by atoms with E-state index in [1.54, 1.807) is 11.7 Å². The fourth-order valence-corrected chi connectivity index (χ4v) is 3.86. The molecule has 1 saturated carbocycles. The molecule has 7 nitrogen and oxygen atoms in total. The lowest BCUT2D eigenvalue weighted by atomic mass is 10.00. The molecule has 1 atom stereocenters. The number of amides is 1. The Balaban J connectivity index is 1.72. The normalized spacial score (nSPS) is 16.5. The molecule has 0 radical (unpaired) electrons. The molecule has 1 aliphatic carbocycles. The van der Waals surface area contributed by atoms with Gasteiger partial charge in [-0.15, -0.1) is 0 Å². The molecule has 1 amide bonds. The maximum atomic E-state index is 12.3. The maximum absolute atomic E-state index is 12.3. The van der Waals surface area contributed by atoms with Crippen LogP contribution in [-0.4, -0.2) is 38.4 Å². The number of nitrogens with one attached hydrogen (secondary N) is 2. The van der Waals surface area contributed by atoms with Gasteiger partial charge in [0.05, 0.1) is 17.9 Å². The summed E-state index contributed by atoms with van der Waals surface area (Å²) in [4.78, 5) is 28.9. The highest BCUT2D eigenvalue weighted by Crippen LogP contribution is 2.27. The maximum Gasteiger partial charge on any atom is 0.273 e. The Bertz CT molecular complexity index is 846. The largest absolute Gasteiger partial charge is 0.391 e. The molecule has 1 unspecified atom stereocenters. The van der Waals surface area contributed by atoms with E-state index in [1.807, 2.05) is 13.8 Å². The Labute approximate surface area is 146 Å². The number of carbonyl (C=O) groups excluding carboxylic acids is 1. The SMILES string of the molecule is Cc1nc2c(c(C)c1CC(=O)NCC(O)C1CCCC1)c(=O)[nH]n2C. The molecule has 1 fully saturated rings. The standard InChI is InChI=1S/C18H26N4O3/c1-10-13(11(2)20-17-16(10)18(25)21-22(17)3)8-15(24)19-9-14(23)12-6-4-5-7-12/h12,14,23H,4-9H2,1-3H3,(H,19,24)(H,21,25). The molecule has 0 aromatic carbocycles. The van der Waals surface area contributed by atoms with Crippen molar-refractivity contribution >= 4 is 16.9 Å². The van der Waals surface area contributed by atoms with Gasteiger partial charge in [0, 0.05) is 19.3 Å². The first-order chi connectivity index (χ1) is 11.9. The molecule has 2 aromatic heterocycles. The van der Waals surface area contributed by atoms with Crippen LogP contribution < -0.4 is 10.9 Å². The van der Waals surface area contributed by atoms with Crippen molar-refractivity contribution in [3.05, 3.63) is 27.2 Å². The van der Waals surface area contributed by atoms with Gasteiger partial charge in [0.15, 0.2) is 5.65 Å². The molecular formula is C18H26N4O3. The highest BCUT2D eigenvalue weighted by molar-refractivity contribution is 5.84. The second-order valence-corrected chi connectivity index (χ2v) is 7.09. The Kier molecular flexibility index (Phi) is 4.94. The van der Waals surface area contributed by atoms with Crippen LogP contribution in [0.4, 0.5) is 0 Å². The van der Waals surface area contributed by atoms with Crippen LogP contribution in [0.15, 0.2) is 4.79 Å². The van der Waals surface area contributed by atoms with E-state index in [2.05, 4.69) is 15.4 Å². The molecule has 0 aliphatic heterocycles. The van der Waals surface area contributed by atoms with Crippen LogP contribution in [0.3, 0.4) is 0 Å². The molecular weight excluding hydrogens is 320 g/mol. The lowest BCUT2D eigenvalue weighted by Crippen LogP contribution is -2.36. The van der Waals surface area contributed by atoms with Crippen molar-refractivity contribution in [3.8, 4) is 0 Å². The van der Waals surface area contributed by atoms with Crippen LogP contribution in [0.25, 0.3) is 11.0 Å². The minimum Gasteiger partial charge on any atom is -0.391 e. The molecule has 25 heavy (non-hydrogen) atoms. The number of carbonyl (C=O) groups is 1. The third kappa shape index (κ3) is 3.46. The number of aliphatic hydroxyl groups is 1. The van der Waals surface area contributed by atoms with Gasteiger partial charge in [0.25, 0.3) is 5.56 Å². The number of hydrogen-bond donors (Lipinski definition) is 3. The molecule has 7 heteroatoms. The van der Waals surface area contributed by atoms with E-state index in [0.717, 1.165) is 42.5 Å². The predicted octanol–water partition coefficient (Wildman–Crippen LogP) is 1.09. The zero-order valence-corrected chi connectivity index (χ0v) is 15.1. The molecule has 0 spiro atoms. The fourth-order valence-electron chi connectivity index (χ4n) is 3.86. The Hall–Kier alpha value is -2.15. The van der Waals surface area contributed by atoms with Gasteiger partial charge < -0.3 is 10.4 Å². The van der Waals surface area contributed by atoms with E-state index in [0.29, 0.717) is 17.0 Å². The van der Waals surface area contributed by atoms with Gasteiger partial charge in [-0.1, -0.05) is 12.8 Å². The first-order valence-electron chi connectivity index (χ1n) is 8.88. The lowest BCUT2D eigenvalue weighted by Gasteiger charge is -2.18. The molecule has 136 valence electrons. The van der Waals surface area contributed by atoms with Crippen molar-refractivity contribution in [2.24, 2.45) is 13.0 Å². The van der Waals surface area contributed by atoms with Crippen molar-refractivity contribution in [2.45, 2.75) is 52.1 Å². The third-order valence-corrected chi connectivity index (χ3v) is 5.37. The van der Waals surface area contributed by atoms with Gasteiger partial charge in [-0.25, -0.2) is 4.98 Å². The van der Waals surface area contributed by atoms with E-state index in [4.69, 9.17) is 0 Å². The molecule has 0 saturated heterocycles. The third-order valence-electron chi connectivity index (χ3n) is 5.37. The summed E-state index contributed by atoms with van der Waals surface area (Å²) in [7, 11) is 1.74. The van der Waals surface area contributed by atoms with Crippen LogP contribution in [0.1, 0.15) is 42.5 Å². The highest BCUT2D eigenvalue weighted by atomic mass is 16.3. The fraction of sp³-hybridized carbons (Fsp3) is 0.611. The number of rotatable bonds is 5. The summed E-state index contributed by atoms with van der Waals surface area (Å²) >= 11 is 0. The van der Waals surface area contributed by atoms with E-state index in [9.17, 15) is 14.7 Å². The van der Waals surface area contributed by atoms with Gasteiger partial charge in [0.2, 0.25) is 5.91 Å². The van der Waals surface area contributed by atoms with Gasteiger partial charge >= 0.3 is 0 Å². The average Bonchev–Trinajstić information content (AvgIpc) is 3.18. The van der Waals surface area contributed by atoms with Crippen molar-refractivity contribution < 1.29 is 9.90 Å². The van der Waals surface area contributed by atoms with Crippen LogP contribution >= 0.6 is 0 Å².